The second-order valence-electron chi connectivity index (χ2n) is 6.90. The van der Waals surface area contributed by atoms with Crippen LogP contribution in [0.4, 0.5) is 5.69 Å². The van der Waals surface area contributed by atoms with Crippen molar-refractivity contribution in [3.05, 3.63) is 29.8 Å². The Labute approximate surface area is 144 Å². The Morgan fingerprint density at radius 3 is 2.33 bits per heavy atom. The van der Waals surface area contributed by atoms with Gasteiger partial charge < -0.3 is 14.9 Å². The van der Waals surface area contributed by atoms with E-state index in [0.29, 0.717) is 19.5 Å². The zero-order valence-corrected chi connectivity index (χ0v) is 14.7. The molecule has 1 aromatic rings. The highest BCUT2D eigenvalue weighted by atomic mass is 16.3. The number of amides is 1. The van der Waals surface area contributed by atoms with Crippen LogP contribution in [-0.4, -0.2) is 72.7 Å². The number of carbonyl (C=O) groups is 1. The topological polar surface area (TPSA) is 47.0 Å². The molecule has 0 spiro atoms. The van der Waals surface area contributed by atoms with Crippen molar-refractivity contribution in [3.8, 4) is 0 Å². The van der Waals surface area contributed by atoms with Gasteiger partial charge in [0.2, 0.25) is 5.91 Å². The number of aliphatic hydroxyl groups excluding tert-OH is 1. The van der Waals surface area contributed by atoms with Crippen LogP contribution in [0.25, 0.3) is 0 Å². The van der Waals surface area contributed by atoms with Gasteiger partial charge in [0, 0.05) is 57.9 Å². The first-order chi connectivity index (χ1) is 11.7. The van der Waals surface area contributed by atoms with Crippen LogP contribution >= 0.6 is 0 Å². The summed E-state index contributed by atoms with van der Waals surface area (Å²) in [6, 6.07) is 8.84. The Balaban J connectivity index is 1.43. The van der Waals surface area contributed by atoms with Crippen molar-refractivity contribution in [3.63, 3.8) is 0 Å². The van der Waals surface area contributed by atoms with Gasteiger partial charge in [0.25, 0.3) is 0 Å². The molecule has 1 N–H and O–H groups in total. The van der Waals surface area contributed by atoms with Gasteiger partial charge >= 0.3 is 0 Å². The molecule has 0 radical (unpaired) electrons. The number of hydrogen-bond acceptors (Lipinski definition) is 4. The van der Waals surface area contributed by atoms with Crippen LogP contribution in [0.1, 0.15) is 25.3 Å². The molecule has 0 bridgehead atoms. The van der Waals surface area contributed by atoms with E-state index in [4.69, 9.17) is 0 Å². The molecule has 1 aromatic carbocycles. The van der Waals surface area contributed by atoms with Gasteiger partial charge in [-0.05, 0) is 30.5 Å². The standard InChI is InChI=1S/C19H29N3O2/c1-2-16-5-7-17(8-6-16)21-12-10-20(11-13-21)14-18(23)15-22-9-3-4-19(22)24/h5-8,18,23H,2-4,9-15H2,1H3. The van der Waals surface area contributed by atoms with E-state index in [1.807, 2.05) is 0 Å². The Morgan fingerprint density at radius 2 is 1.75 bits per heavy atom. The average Bonchev–Trinajstić information content (AvgIpc) is 3.00. The summed E-state index contributed by atoms with van der Waals surface area (Å²) < 4.78 is 0. The maximum atomic E-state index is 11.6. The molecule has 5 nitrogen and oxygen atoms in total. The van der Waals surface area contributed by atoms with Gasteiger partial charge in [-0.25, -0.2) is 0 Å². The van der Waals surface area contributed by atoms with Crippen LogP contribution in [0.3, 0.4) is 0 Å². The van der Waals surface area contributed by atoms with Crippen molar-refractivity contribution in [1.29, 1.82) is 0 Å². The first-order valence-electron chi connectivity index (χ1n) is 9.18. The van der Waals surface area contributed by atoms with E-state index in [0.717, 1.165) is 45.6 Å². The quantitative estimate of drug-likeness (QED) is 0.855. The number of likely N-dealkylation sites (tertiary alicyclic amines) is 1. The fourth-order valence-corrected chi connectivity index (χ4v) is 3.64. The number of nitrogens with zero attached hydrogens (tertiary/aromatic N) is 3. The van der Waals surface area contributed by atoms with E-state index in [1.165, 1.54) is 11.3 Å². The van der Waals surface area contributed by atoms with Gasteiger partial charge in [-0.3, -0.25) is 9.69 Å². The second-order valence-corrected chi connectivity index (χ2v) is 6.90. The molecule has 1 unspecified atom stereocenters. The maximum absolute atomic E-state index is 11.6. The largest absolute Gasteiger partial charge is 0.390 e. The highest BCUT2D eigenvalue weighted by Gasteiger charge is 2.25. The SMILES string of the molecule is CCc1ccc(N2CCN(CC(O)CN3CCCC3=O)CC2)cc1. The Bertz CT molecular complexity index is 538. The number of benzene rings is 1. The summed E-state index contributed by atoms with van der Waals surface area (Å²) in [4.78, 5) is 18.2. The van der Waals surface area contributed by atoms with Crippen molar-refractivity contribution in [2.24, 2.45) is 0 Å². The Kier molecular flexibility index (Phi) is 5.74. The summed E-state index contributed by atoms with van der Waals surface area (Å²) in [7, 11) is 0. The third-order valence-electron chi connectivity index (χ3n) is 5.15. The molecule has 0 saturated carbocycles. The summed E-state index contributed by atoms with van der Waals surface area (Å²) in [6.07, 6.45) is 2.21. The molecule has 24 heavy (non-hydrogen) atoms. The van der Waals surface area contributed by atoms with E-state index in [1.54, 1.807) is 4.90 Å². The average molecular weight is 331 g/mol. The van der Waals surface area contributed by atoms with Crippen LogP contribution in [0, 0.1) is 0 Å². The maximum Gasteiger partial charge on any atom is 0.222 e. The van der Waals surface area contributed by atoms with Gasteiger partial charge in [0.1, 0.15) is 0 Å². The normalized spacial score (nSPS) is 20.7. The first-order valence-corrected chi connectivity index (χ1v) is 9.18. The van der Waals surface area contributed by atoms with Gasteiger partial charge in [0.15, 0.2) is 0 Å². The van der Waals surface area contributed by atoms with E-state index in [9.17, 15) is 9.90 Å². The minimum atomic E-state index is -0.442. The third-order valence-corrected chi connectivity index (χ3v) is 5.15. The van der Waals surface area contributed by atoms with Crippen LogP contribution in [0.5, 0.6) is 0 Å². The Morgan fingerprint density at radius 1 is 1.04 bits per heavy atom. The molecule has 2 fully saturated rings. The van der Waals surface area contributed by atoms with Crippen LogP contribution in [0.15, 0.2) is 24.3 Å². The first kappa shape index (κ1) is 17.2. The molecular formula is C19H29N3O2. The van der Waals surface area contributed by atoms with Crippen LogP contribution in [0.2, 0.25) is 0 Å². The molecule has 2 aliphatic heterocycles. The number of aliphatic hydroxyl groups is 1. The number of anilines is 1. The molecule has 2 aliphatic rings. The summed E-state index contributed by atoms with van der Waals surface area (Å²) in [5.74, 6) is 0.189. The van der Waals surface area contributed by atoms with Gasteiger partial charge in [0.05, 0.1) is 6.10 Å². The molecule has 132 valence electrons. The zero-order chi connectivity index (χ0) is 16.9. The number of rotatable bonds is 6. The van der Waals surface area contributed by atoms with Crippen LogP contribution < -0.4 is 4.90 Å². The third kappa shape index (κ3) is 4.28. The van der Waals surface area contributed by atoms with Crippen molar-refractivity contribution < 1.29 is 9.90 Å². The van der Waals surface area contributed by atoms with Gasteiger partial charge in [-0.2, -0.15) is 0 Å². The molecule has 1 amide bonds. The number of β-amino-alcohol motifs (C(OH)–C–C–N with tert-alkyl or cyclic N) is 1. The fraction of sp³-hybridized carbons (Fsp3) is 0.632. The predicted molar refractivity (Wildman–Crippen MR) is 96.3 cm³/mol. The highest BCUT2D eigenvalue weighted by Crippen LogP contribution is 2.18. The predicted octanol–water partition coefficient (Wildman–Crippen LogP) is 1.35. The van der Waals surface area contributed by atoms with Crippen molar-refractivity contribution >= 4 is 11.6 Å². The molecule has 2 saturated heterocycles. The van der Waals surface area contributed by atoms with E-state index in [-0.39, 0.29) is 5.91 Å². The summed E-state index contributed by atoms with van der Waals surface area (Å²) in [6.45, 7) is 8.01. The lowest BCUT2D eigenvalue weighted by Crippen LogP contribution is -2.50. The minimum Gasteiger partial charge on any atom is -0.390 e. The lowest BCUT2D eigenvalue weighted by Gasteiger charge is -2.37. The van der Waals surface area contributed by atoms with Gasteiger partial charge in [-0.15, -0.1) is 0 Å². The lowest BCUT2D eigenvalue weighted by atomic mass is 10.1. The lowest BCUT2D eigenvalue weighted by molar-refractivity contribution is -0.129. The van der Waals surface area contributed by atoms with Crippen molar-refractivity contribution in [2.75, 3.05) is 50.7 Å². The Hall–Kier alpha value is -1.59. The van der Waals surface area contributed by atoms with Crippen molar-refractivity contribution in [2.45, 2.75) is 32.3 Å². The van der Waals surface area contributed by atoms with E-state index in [2.05, 4.69) is 41.0 Å². The van der Waals surface area contributed by atoms with Crippen LogP contribution in [-0.2, 0) is 11.2 Å². The molecular weight excluding hydrogens is 302 g/mol. The number of carbonyl (C=O) groups excluding carboxylic acids is 1. The summed E-state index contributed by atoms with van der Waals surface area (Å²) >= 11 is 0. The number of hydrogen-bond donors (Lipinski definition) is 1. The summed E-state index contributed by atoms with van der Waals surface area (Å²) in [5, 5.41) is 10.3. The monoisotopic (exact) mass is 331 g/mol. The number of piperazine rings is 1. The summed E-state index contributed by atoms with van der Waals surface area (Å²) in [5.41, 5.74) is 2.66. The zero-order valence-electron chi connectivity index (χ0n) is 14.7. The molecule has 0 aliphatic carbocycles. The molecule has 2 heterocycles. The molecule has 3 rings (SSSR count). The number of aryl methyl sites for hydroxylation is 1. The van der Waals surface area contributed by atoms with E-state index >= 15 is 0 Å². The highest BCUT2D eigenvalue weighted by molar-refractivity contribution is 5.78. The fourth-order valence-electron chi connectivity index (χ4n) is 3.64. The smallest absolute Gasteiger partial charge is 0.222 e. The minimum absolute atomic E-state index is 0.189. The van der Waals surface area contributed by atoms with E-state index < -0.39 is 6.10 Å². The second kappa shape index (κ2) is 7.99. The molecule has 5 heteroatoms. The van der Waals surface area contributed by atoms with Crippen molar-refractivity contribution in [1.82, 2.24) is 9.80 Å². The molecule has 1 atom stereocenters. The van der Waals surface area contributed by atoms with Gasteiger partial charge in [-0.1, -0.05) is 19.1 Å². The molecule has 0 aromatic heterocycles.